The summed E-state index contributed by atoms with van der Waals surface area (Å²) in [5.74, 6) is -0.0523. The fourth-order valence-corrected chi connectivity index (χ4v) is 4.35. The number of rotatable bonds is 7. The summed E-state index contributed by atoms with van der Waals surface area (Å²) in [7, 11) is 4.59. The summed E-state index contributed by atoms with van der Waals surface area (Å²) >= 11 is 0. The summed E-state index contributed by atoms with van der Waals surface area (Å²) in [6.45, 7) is 0.879. The molecule has 0 aliphatic carbocycles. The van der Waals surface area contributed by atoms with E-state index in [0.29, 0.717) is 35.0 Å². The Labute approximate surface area is 192 Å². The fourth-order valence-electron chi connectivity index (χ4n) is 4.35. The SMILES string of the molecule is COc1ccc(C(O)=C2C(=O)C(=O)N(C[C@@H]3CCCO3)[C@@H]2c2ccc(OC)c(OC)c2)cc1. The van der Waals surface area contributed by atoms with Gasteiger partial charge < -0.3 is 29.0 Å². The lowest BCUT2D eigenvalue weighted by Gasteiger charge is -2.28. The summed E-state index contributed by atoms with van der Waals surface area (Å²) in [4.78, 5) is 27.7. The van der Waals surface area contributed by atoms with E-state index in [4.69, 9.17) is 18.9 Å². The number of carbonyl (C=O) groups is 2. The number of ether oxygens (including phenoxy) is 4. The van der Waals surface area contributed by atoms with Crippen LogP contribution in [0.3, 0.4) is 0 Å². The van der Waals surface area contributed by atoms with Crippen molar-refractivity contribution >= 4 is 17.4 Å². The first kappa shape index (κ1) is 22.7. The van der Waals surface area contributed by atoms with Gasteiger partial charge in [0.05, 0.1) is 39.0 Å². The predicted octanol–water partition coefficient (Wildman–Crippen LogP) is 3.31. The molecule has 0 unspecified atom stereocenters. The van der Waals surface area contributed by atoms with E-state index in [1.807, 2.05) is 0 Å². The second-order valence-electron chi connectivity index (χ2n) is 7.93. The Morgan fingerprint density at radius 2 is 1.76 bits per heavy atom. The number of amides is 1. The molecule has 0 spiro atoms. The van der Waals surface area contributed by atoms with E-state index >= 15 is 0 Å². The zero-order valence-electron chi connectivity index (χ0n) is 18.9. The largest absolute Gasteiger partial charge is 0.507 e. The Balaban J connectivity index is 1.83. The Kier molecular flexibility index (Phi) is 6.55. The van der Waals surface area contributed by atoms with Gasteiger partial charge in [0, 0.05) is 18.7 Å². The summed E-state index contributed by atoms with van der Waals surface area (Å²) in [5, 5.41) is 11.2. The maximum atomic E-state index is 13.2. The highest BCUT2D eigenvalue weighted by molar-refractivity contribution is 6.46. The van der Waals surface area contributed by atoms with Crippen LogP contribution in [-0.2, 0) is 14.3 Å². The van der Waals surface area contributed by atoms with Crippen LogP contribution < -0.4 is 14.2 Å². The molecule has 1 N–H and O–H groups in total. The Hall–Kier alpha value is -3.52. The third-order valence-electron chi connectivity index (χ3n) is 6.05. The van der Waals surface area contributed by atoms with Gasteiger partial charge in [-0.3, -0.25) is 9.59 Å². The van der Waals surface area contributed by atoms with Crippen molar-refractivity contribution in [2.45, 2.75) is 25.0 Å². The summed E-state index contributed by atoms with van der Waals surface area (Å²) in [6.07, 6.45) is 1.55. The van der Waals surface area contributed by atoms with Crippen molar-refractivity contribution in [3.05, 3.63) is 59.2 Å². The number of likely N-dealkylation sites (tertiary alicyclic amines) is 1. The normalized spacial score (nSPS) is 22.0. The second kappa shape index (κ2) is 9.54. The van der Waals surface area contributed by atoms with Gasteiger partial charge >= 0.3 is 0 Å². The number of aliphatic hydroxyl groups excluding tert-OH is 1. The molecule has 33 heavy (non-hydrogen) atoms. The molecule has 1 amide bonds. The van der Waals surface area contributed by atoms with Gasteiger partial charge in [-0.1, -0.05) is 6.07 Å². The van der Waals surface area contributed by atoms with Crippen molar-refractivity contribution in [2.75, 3.05) is 34.5 Å². The van der Waals surface area contributed by atoms with E-state index in [1.54, 1.807) is 49.6 Å². The van der Waals surface area contributed by atoms with Crippen molar-refractivity contribution in [1.82, 2.24) is 4.90 Å². The smallest absolute Gasteiger partial charge is 0.295 e. The number of aliphatic hydroxyl groups is 1. The molecule has 174 valence electrons. The molecule has 2 aromatic rings. The van der Waals surface area contributed by atoms with Gasteiger partial charge in [-0.05, 0) is 54.8 Å². The minimum Gasteiger partial charge on any atom is -0.507 e. The number of hydrogen-bond donors (Lipinski definition) is 1. The molecule has 2 heterocycles. The van der Waals surface area contributed by atoms with Crippen molar-refractivity contribution in [1.29, 1.82) is 0 Å². The molecular weight excluding hydrogens is 426 g/mol. The number of benzene rings is 2. The average Bonchev–Trinajstić information content (AvgIpc) is 3.45. The third-order valence-corrected chi connectivity index (χ3v) is 6.05. The highest BCUT2D eigenvalue weighted by Crippen LogP contribution is 2.42. The molecular formula is C25H27NO7. The first-order valence-electron chi connectivity index (χ1n) is 10.7. The van der Waals surface area contributed by atoms with Crippen molar-refractivity contribution in [3.8, 4) is 17.2 Å². The quantitative estimate of drug-likeness (QED) is 0.390. The van der Waals surface area contributed by atoms with Crippen LogP contribution in [0.2, 0.25) is 0 Å². The van der Waals surface area contributed by atoms with E-state index in [1.165, 1.54) is 19.1 Å². The molecule has 2 aliphatic heterocycles. The zero-order chi connectivity index (χ0) is 23.5. The summed E-state index contributed by atoms with van der Waals surface area (Å²) in [5.41, 5.74) is 1.06. The zero-order valence-corrected chi connectivity index (χ0v) is 18.9. The van der Waals surface area contributed by atoms with E-state index in [9.17, 15) is 14.7 Å². The van der Waals surface area contributed by atoms with Crippen molar-refractivity contribution in [3.63, 3.8) is 0 Å². The van der Waals surface area contributed by atoms with E-state index in [2.05, 4.69) is 0 Å². The molecule has 0 radical (unpaired) electrons. The number of methoxy groups -OCH3 is 3. The number of ketones is 1. The Bertz CT molecular complexity index is 1070. The van der Waals surface area contributed by atoms with Gasteiger partial charge in [0.2, 0.25) is 0 Å². The standard InChI is InChI=1S/C25H27NO7/c1-30-17-9-6-15(7-10-17)23(27)21-22(16-8-11-19(31-2)20(13-16)32-3)26(25(29)24(21)28)14-18-5-4-12-33-18/h6-11,13,18,22,27H,4-5,12,14H2,1-3H3/t18-,22+/m0/s1. The van der Waals surface area contributed by atoms with E-state index < -0.39 is 17.7 Å². The van der Waals surface area contributed by atoms with Gasteiger partial charge in [0.15, 0.2) is 11.5 Å². The maximum Gasteiger partial charge on any atom is 0.295 e. The van der Waals surface area contributed by atoms with Crippen LogP contribution >= 0.6 is 0 Å². The lowest BCUT2D eigenvalue weighted by Crippen LogP contribution is -2.36. The molecule has 0 bridgehead atoms. The van der Waals surface area contributed by atoms with Gasteiger partial charge in [-0.2, -0.15) is 0 Å². The monoisotopic (exact) mass is 453 g/mol. The molecule has 8 heteroatoms. The molecule has 0 saturated carbocycles. The Morgan fingerprint density at radius 1 is 1.03 bits per heavy atom. The van der Waals surface area contributed by atoms with Crippen LogP contribution in [0, 0.1) is 0 Å². The highest BCUT2D eigenvalue weighted by Gasteiger charge is 2.47. The van der Waals surface area contributed by atoms with E-state index in [-0.39, 0.29) is 24.0 Å². The molecule has 2 aliphatic rings. The third kappa shape index (κ3) is 4.26. The lowest BCUT2D eigenvalue weighted by molar-refractivity contribution is -0.140. The summed E-state index contributed by atoms with van der Waals surface area (Å²) < 4.78 is 21.7. The van der Waals surface area contributed by atoms with E-state index in [0.717, 1.165) is 12.8 Å². The van der Waals surface area contributed by atoms with Gasteiger partial charge in [0.25, 0.3) is 11.7 Å². The van der Waals surface area contributed by atoms with Crippen LogP contribution in [0.4, 0.5) is 0 Å². The van der Waals surface area contributed by atoms with Gasteiger partial charge in [-0.25, -0.2) is 0 Å². The lowest BCUT2D eigenvalue weighted by atomic mass is 9.94. The topological polar surface area (TPSA) is 94.5 Å². The first-order valence-corrected chi connectivity index (χ1v) is 10.7. The number of Topliss-reactive ketones (excluding diaryl/α,β-unsaturated/α-hetero) is 1. The summed E-state index contributed by atoms with van der Waals surface area (Å²) in [6, 6.07) is 11.1. The minimum absolute atomic E-state index is 0.0235. The predicted molar refractivity (Wildman–Crippen MR) is 121 cm³/mol. The van der Waals surface area contributed by atoms with Crippen LogP contribution in [0.25, 0.3) is 5.76 Å². The molecule has 0 aromatic heterocycles. The molecule has 2 fully saturated rings. The highest BCUT2D eigenvalue weighted by atomic mass is 16.5. The molecule has 8 nitrogen and oxygen atoms in total. The Morgan fingerprint density at radius 3 is 2.36 bits per heavy atom. The molecule has 2 aromatic carbocycles. The minimum atomic E-state index is -0.795. The second-order valence-corrected chi connectivity index (χ2v) is 7.93. The van der Waals surface area contributed by atoms with Gasteiger partial charge in [0.1, 0.15) is 11.5 Å². The van der Waals surface area contributed by atoms with Gasteiger partial charge in [-0.15, -0.1) is 0 Å². The first-order chi connectivity index (χ1) is 16.0. The number of nitrogens with zero attached hydrogens (tertiary/aromatic N) is 1. The van der Waals surface area contributed by atoms with Crippen LogP contribution in [-0.4, -0.2) is 62.3 Å². The molecule has 2 atom stereocenters. The fraction of sp³-hybridized carbons (Fsp3) is 0.360. The molecule has 2 saturated heterocycles. The van der Waals surface area contributed by atoms with Crippen LogP contribution in [0.15, 0.2) is 48.0 Å². The van der Waals surface area contributed by atoms with Crippen molar-refractivity contribution < 1.29 is 33.6 Å². The van der Waals surface area contributed by atoms with Crippen molar-refractivity contribution in [2.24, 2.45) is 0 Å². The molecule has 4 rings (SSSR count). The number of carbonyl (C=O) groups excluding carboxylic acids is 2. The van der Waals surface area contributed by atoms with Crippen LogP contribution in [0.1, 0.15) is 30.0 Å². The average molecular weight is 453 g/mol. The van der Waals surface area contributed by atoms with Crippen LogP contribution in [0.5, 0.6) is 17.2 Å². The maximum absolute atomic E-state index is 13.2. The number of hydrogen-bond acceptors (Lipinski definition) is 7.